The highest BCUT2D eigenvalue weighted by Gasteiger charge is 2.06. The van der Waals surface area contributed by atoms with E-state index in [4.69, 9.17) is 0 Å². The number of nitrogens with one attached hydrogen (secondary N) is 1. The highest BCUT2D eigenvalue weighted by Crippen LogP contribution is 2.13. The van der Waals surface area contributed by atoms with E-state index in [0.29, 0.717) is 18.7 Å². The highest BCUT2D eigenvalue weighted by molar-refractivity contribution is 5.91. The Labute approximate surface area is 163 Å². The first kappa shape index (κ1) is 17.5. The first-order chi connectivity index (χ1) is 13.8. The number of imidazole rings is 1. The van der Waals surface area contributed by atoms with Crippen molar-refractivity contribution in [2.24, 2.45) is 0 Å². The molecule has 1 amide bonds. The summed E-state index contributed by atoms with van der Waals surface area (Å²) in [6.45, 7) is 0.575. The summed E-state index contributed by atoms with van der Waals surface area (Å²) in [4.78, 5) is 20.9. The number of pyridine rings is 1. The summed E-state index contributed by atoms with van der Waals surface area (Å²) >= 11 is 0. The van der Waals surface area contributed by atoms with Gasteiger partial charge in [0, 0.05) is 30.4 Å². The van der Waals surface area contributed by atoms with Crippen LogP contribution >= 0.6 is 0 Å². The maximum Gasteiger partial charge on any atom is 0.226 e. The lowest BCUT2D eigenvalue weighted by atomic mass is 10.2. The number of hydrogen-bond donors (Lipinski definition) is 1. The quantitative estimate of drug-likeness (QED) is 0.558. The van der Waals surface area contributed by atoms with Crippen molar-refractivity contribution in [3.8, 4) is 11.8 Å². The highest BCUT2D eigenvalue weighted by atomic mass is 16.1. The van der Waals surface area contributed by atoms with Crippen molar-refractivity contribution in [1.82, 2.24) is 14.5 Å². The summed E-state index contributed by atoms with van der Waals surface area (Å²) < 4.78 is 1.99. The molecule has 136 valence electrons. The monoisotopic (exact) mass is 366 g/mol. The molecule has 0 spiro atoms. The van der Waals surface area contributed by atoms with Crippen LogP contribution < -0.4 is 5.32 Å². The fourth-order valence-corrected chi connectivity index (χ4v) is 2.88. The molecule has 1 N–H and O–H groups in total. The predicted octanol–water partition coefficient (Wildman–Crippen LogP) is 3.86. The van der Waals surface area contributed by atoms with Crippen molar-refractivity contribution >= 4 is 22.6 Å². The van der Waals surface area contributed by atoms with Crippen LogP contribution in [0.4, 0.5) is 5.69 Å². The van der Waals surface area contributed by atoms with E-state index in [-0.39, 0.29) is 5.91 Å². The average Bonchev–Trinajstić information content (AvgIpc) is 3.15. The van der Waals surface area contributed by atoms with Crippen molar-refractivity contribution < 1.29 is 4.79 Å². The smallest absolute Gasteiger partial charge is 0.226 e. The van der Waals surface area contributed by atoms with Gasteiger partial charge in [0.15, 0.2) is 0 Å². The van der Waals surface area contributed by atoms with Crippen LogP contribution in [0.2, 0.25) is 0 Å². The minimum atomic E-state index is -0.0485. The molecule has 0 fully saturated rings. The summed E-state index contributed by atoms with van der Waals surface area (Å²) in [5.41, 5.74) is 4.23. The van der Waals surface area contributed by atoms with Crippen LogP contribution in [-0.4, -0.2) is 20.4 Å². The SMILES string of the molecule is O=C(CCn1cnc2ccccc21)Nc1cccc(C#Cc2ccccn2)c1. The molecule has 0 saturated heterocycles. The van der Waals surface area contributed by atoms with Crippen molar-refractivity contribution in [2.45, 2.75) is 13.0 Å². The lowest BCUT2D eigenvalue weighted by Crippen LogP contribution is -2.14. The molecule has 28 heavy (non-hydrogen) atoms. The maximum atomic E-state index is 12.3. The molecule has 0 atom stereocenters. The van der Waals surface area contributed by atoms with E-state index in [0.717, 1.165) is 22.3 Å². The molecule has 5 heteroatoms. The molecule has 0 saturated carbocycles. The van der Waals surface area contributed by atoms with Gasteiger partial charge in [-0.2, -0.15) is 0 Å². The normalized spacial score (nSPS) is 10.3. The number of aryl methyl sites for hydroxylation is 1. The number of para-hydroxylation sites is 2. The maximum absolute atomic E-state index is 12.3. The Kier molecular flexibility index (Phi) is 5.12. The van der Waals surface area contributed by atoms with Crippen LogP contribution in [0.5, 0.6) is 0 Å². The van der Waals surface area contributed by atoms with Gasteiger partial charge >= 0.3 is 0 Å². The van der Waals surface area contributed by atoms with Crippen molar-refractivity contribution in [2.75, 3.05) is 5.32 Å². The van der Waals surface area contributed by atoms with E-state index in [1.165, 1.54) is 0 Å². The third-order valence-electron chi connectivity index (χ3n) is 4.25. The van der Waals surface area contributed by atoms with Gasteiger partial charge in [0.2, 0.25) is 5.91 Å². The van der Waals surface area contributed by atoms with Crippen molar-refractivity contribution in [3.63, 3.8) is 0 Å². The zero-order valence-corrected chi connectivity index (χ0v) is 15.2. The second kappa shape index (κ2) is 8.19. The Hall–Kier alpha value is -3.91. The van der Waals surface area contributed by atoms with Gasteiger partial charge in [-0.3, -0.25) is 4.79 Å². The predicted molar refractivity (Wildman–Crippen MR) is 110 cm³/mol. The van der Waals surface area contributed by atoms with E-state index >= 15 is 0 Å². The number of benzene rings is 2. The molecule has 4 aromatic rings. The summed E-state index contributed by atoms with van der Waals surface area (Å²) in [7, 11) is 0. The third kappa shape index (κ3) is 4.25. The standard InChI is InChI=1S/C23H18N4O/c28-23(13-15-27-17-25-21-9-1-2-10-22(21)27)26-20-8-5-6-18(16-20)11-12-19-7-3-4-14-24-19/h1-10,14,16-17H,13,15H2,(H,26,28). The van der Waals surface area contributed by atoms with Crippen LogP contribution in [0.1, 0.15) is 17.7 Å². The topological polar surface area (TPSA) is 59.8 Å². The number of aromatic nitrogens is 3. The molecule has 2 aromatic carbocycles. The van der Waals surface area contributed by atoms with Crippen LogP contribution in [0, 0.1) is 11.8 Å². The number of anilines is 1. The number of nitrogens with zero attached hydrogens (tertiary/aromatic N) is 3. The van der Waals surface area contributed by atoms with Crippen molar-refractivity contribution in [1.29, 1.82) is 0 Å². The summed E-state index contributed by atoms with van der Waals surface area (Å²) in [5.74, 6) is 6.04. The fraction of sp³-hybridized carbons (Fsp3) is 0.0870. The van der Waals surface area contributed by atoms with E-state index in [1.807, 2.05) is 71.3 Å². The summed E-state index contributed by atoms with van der Waals surface area (Å²) in [5, 5.41) is 2.93. The van der Waals surface area contributed by atoms with Gasteiger partial charge in [0.1, 0.15) is 5.69 Å². The minimum Gasteiger partial charge on any atom is -0.330 e. The van der Waals surface area contributed by atoms with Gasteiger partial charge in [-0.25, -0.2) is 9.97 Å². The average molecular weight is 366 g/mol. The third-order valence-corrected chi connectivity index (χ3v) is 4.25. The zero-order chi connectivity index (χ0) is 19.2. The lowest BCUT2D eigenvalue weighted by molar-refractivity contribution is -0.116. The molecular formula is C23H18N4O. The molecule has 0 aliphatic rings. The van der Waals surface area contributed by atoms with Crippen molar-refractivity contribution in [3.05, 3.63) is 90.5 Å². The second-order valence-corrected chi connectivity index (χ2v) is 6.27. The lowest BCUT2D eigenvalue weighted by Gasteiger charge is -2.07. The number of rotatable bonds is 4. The first-order valence-corrected chi connectivity index (χ1v) is 9.01. The second-order valence-electron chi connectivity index (χ2n) is 6.27. The molecule has 0 radical (unpaired) electrons. The van der Waals surface area contributed by atoms with Crippen LogP contribution in [0.25, 0.3) is 11.0 Å². The molecule has 2 heterocycles. The van der Waals surface area contributed by atoms with Gasteiger partial charge in [0.05, 0.1) is 17.4 Å². The van der Waals surface area contributed by atoms with Gasteiger partial charge in [-0.15, -0.1) is 0 Å². The Morgan fingerprint density at radius 3 is 2.75 bits per heavy atom. The Bertz CT molecular complexity index is 1170. The zero-order valence-electron chi connectivity index (χ0n) is 15.2. The Morgan fingerprint density at radius 2 is 1.86 bits per heavy atom. The number of carbonyl (C=O) groups excluding carboxylic acids is 1. The molecule has 0 aliphatic heterocycles. The number of hydrogen-bond acceptors (Lipinski definition) is 3. The Morgan fingerprint density at radius 1 is 0.964 bits per heavy atom. The van der Waals surface area contributed by atoms with Gasteiger partial charge in [-0.05, 0) is 48.4 Å². The number of fused-ring (bicyclic) bond motifs is 1. The van der Waals surface area contributed by atoms with Crippen LogP contribution in [0.15, 0.2) is 79.3 Å². The largest absolute Gasteiger partial charge is 0.330 e. The van der Waals surface area contributed by atoms with E-state index in [9.17, 15) is 4.79 Å². The molecule has 0 aliphatic carbocycles. The molecule has 0 bridgehead atoms. The molecule has 4 rings (SSSR count). The van der Waals surface area contributed by atoms with Crippen LogP contribution in [-0.2, 0) is 11.3 Å². The van der Waals surface area contributed by atoms with Gasteiger partial charge < -0.3 is 9.88 Å². The number of carbonyl (C=O) groups is 1. The Balaban J connectivity index is 1.39. The van der Waals surface area contributed by atoms with Gasteiger partial charge in [0.25, 0.3) is 0 Å². The number of amides is 1. The van der Waals surface area contributed by atoms with E-state index in [2.05, 4.69) is 27.1 Å². The molecular weight excluding hydrogens is 348 g/mol. The molecule has 2 aromatic heterocycles. The first-order valence-electron chi connectivity index (χ1n) is 9.01. The summed E-state index contributed by atoms with van der Waals surface area (Å²) in [6, 6.07) is 21.0. The van der Waals surface area contributed by atoms with E-state index in [1.54, 1.807) is 12.5 Å². The molecule has 5 nitrogen and oxygen atoms in total. The minimum absolute atomic E-state index is 0.0485. The molecule has 0 unspecified atom stereocenters. The van der Waals surface area contributed by atoms with E-state index < -0.39 is 0 Å². The van der Waals surface area contributed by atoms with Gasteiger partial charge in [-0.1, -0.05) is 30.2 Å². The summed E-state index contributed by atoms with van der Waals surface area (Å²) in [6.07, 6.45) is 3.85. The fourth-order valence-electron chi connectivity index (χ4n) is 2.88. The van der Waals surface area contributed by atoms with Crippen LogP contribution in [0.3, 0.4) is 0 Å².